The fraction of sp³-hybridized carbons (Fsp3) is 0.429. The van der Waals surface area contributed by atoms with Crippen LogP contribution in [0.25, 0.3) is 0 Å². The van der Waals surface area contributed by atoms with E-state index in [2.05, 4.69) is 26.6 Å². The van der Waals surface area contributed by atoms with Gasteiger partial charge in [0.25, 0.3) is 0 Å². The number of rotatable bonds is 3. The smallest absolute Gasteiger partial charge is 0.319 e. The van der Waals surface area contributed by atoms with Crippen molar-refractivity contribution in [1.29, 1.82) is 0 Å². The Kier molecular flexibility index (Phi) is 4.32. The third-order valence-corrected chi connectivity index (χ3v) is 4.33. The van der Waals surface area contributed by atoms with Gasteiger partial charge in [-0.25, -0.2) is 4.79 Å². The number of halogens is 1. The molecule has 5 nitrogen and oxygen atoms in total. The summed E-state index contributed by atoms with van der Waals surface area (Å²) in [6.45, 7) is 1.69. The predicted octanol–water partition coefficient (Wildman–Crippen LogP) is 3.21. The van der Waals surface area contributed by atoms with E-state index in [1.165, 1.54) is 0 Å². The predicted molar refractivity (Wildman–Crippen MR) is 79.7 cm³/mol. The second-order valence-electron chi connectivity index (χ2n) is 5.28. The minimum atomic E-state index is -0.880. The van der Waals surface area contributed by atoms with E-state index >= 15 is 0 Å². The molecule has 0 bridgehead atoms. The second kappa shape index (κ2) is 5.83. The first-order valence-corrected chi connectivity index (χ1v) is 7.27. The van der Waals surface area contributed by atoms with Crippen LogP contribution in [0.5, 0.6) is 0 Å². The number of nitrogens with one attached hydrogen (secondary N) is 2. The average molecular weight is 341 g/mol. The number of carbonyl (C=O) groups excluding carboxylic acids is 1. The van der Waals surface area contributed by atoms with Gasteiger partial charge in [0.05, 0.1) is 5.41 Å². The maximum absolute atomic E-state index is 12.0. The van der Waals surface area contributed by atoms with Crippen molar-refractivity contribution in [2.75, 3.05) is 5.32 Å². The van der Waals surface area contributed by atoms with Crippen LogP contribution in [0.15, 0.2) is 28.7 Å². The molecule has 3 N–H and O–H groups in total. The van der Waals surface area contributed by atoms with Crippen molar-refractivity contribution in [3.63, 3.8) is 0 Å². The average Bonchev–Trinajstić information content (AvgIpc) is 2.72. The Bertz CT molecular complexity index is 535. The van der Waals surface area contributed by atoms with Gasteiger partial charge < -0.3 is 15.7 Å². The quantitative estimate of drug-likeness (QED) is 0.790. The van der Waals surface area contributed by atoms with Crippen molar-refractivity contribution in [2.24, 2.45) is 5.41 Å². The molecular formula is C14H17BrN2O3. The molecule has 2 rings (SSSR count). The first-order chi connectivity index (χ1) is 9.41. The molecule has 1 aliphatic rings. The number of carboxylic acid groups (broad SMARTS) is 1. The minimum absolute atomic E-state index is 0.341. The normalized spacial score (nSPS) is 25.2. The first kappa shape index (κ1) is 14.8. The van der Waals surface area contributed by atoms with Gasteiger partial charge >= 0.3 is 12.0 Å². The number of carboxylic acids is 1. The largest absolute Gasteiger partial charge is 0.481 e. The van der Waals surface area contributed by atoms with Crippen molar-refractivity contribution in [2.45, 2.75) is 32.2 Å². The zero-order valence-corrected chi connectivity index (χ0v) is 12.7. The van der Waals surface area contributed by atoms with Crippen LogP contribution in [0.4, 0.5) is 10.5 Å². The van der Waals surface area contributed by atoms with Crippen LogP contribution in [-0.4, -0.2) is 23.1 Å². The molecule has 1 aromatic rings. The Morgan fingerprint density at radius 2 is 2.20 bits per heavy atom. The lowest BCUT2D eigenvalue weighted by molar-refractivity contribution is -0.148. The first-order valence-electron chi connectivity index (χ1n) is 6.48. The van der Waals surface area contributed by atoms with E-state index in [9.17, 15) is 14.7 Å². The third-order valence-electron chi connectivity index (χ3n) is 3.83. The molecule has 0 radical (unpaired) electrons. The summed E-state index contributed by atoms with van der Waals surface area (Å²) in [7, 11) is 0. The van der Waals surface area contributed by atoms with Crippen LogP contribution in [0.3, 0.4) is 0 Å². The zero-order chi connectivity index (χ0) is 14.8. The van der Waals surface area contributed by atoms with Gasteiger partial charge in [0, 0.05) is 16.2 Å². The van der Waals surface area contributed by atoms with Crippen molar-refractivity contribution >= 4 is 33.6 Å². The number of benzene rings is 1. The van der Waals surface area contributed by atoms with Gasteiger partial charge in [0.15, 0.2) is 0 Å². The molecule has 2 amide bonds. The molecule has 1 aromatic carbocycles. The van der Waals surface area contributed by atoms with Crippen LogP contribution in [-0.2, 0) is 4.79 Å². The van der Waals surface area contributed by atoms with Crippen LogP contribution >= 0.6 is 15.9 Å². The number of anilines is 1. The van der Waals surface area contributed by atoms with Crippen LogP contribution < -0.4 is 10.6 Å². The second-order valence-corrected chi connectivity index (χ2v) is 6.19. The van der Waals surface area contributed by atoms with Gasteiger partial charge in [-0.05, 0) is 38.0 Å². The topological polar surface area (TPSA) is 78.4 Å². The molecular weight excluding hydrogens is 324 g/mol. The lowest BCUT2D eigenvalue weighted by atomic mass is 9.85. The molecule has 0 aliphatic heterocycles. The number of carbonyl (C=O) groups is 2. The number of amides is 2. The van der Waals surface area contributed by atoms with Crippen molar-refractivity contribution in [3.8, 4) is 0 Å². The number of hydrogen-bond donors (Lipinski definition) is 3. The standard InChI is InChI=1S/C14H17BrN2O3/c1-14(12(18)19)7-3-6-11(14)17-13(20)16-10-5-2-4-9(15)8-10/h2,4-5,8,11H,3,6-7H2,1H3,(H,18,19)(H2,16,17,20). The van der Waals surface area contributed by atoms with Gasteiger partial charge in [-0.1, -0.05) is 28.4 Å². The van der Waals surface area contributed by atoms with Crippen molar-refractivity contribution in [3.05, 3.63) is 28.7 Å². The molecule has 6 heteroatoms. The van der Waals surface area contributed by atoms with Gasteiger partial charge in [0.1, 0.15) is 0 Å². The van der Waals surface area contributed by atoms with Gasteiger partial charge in [-0.3, -0.25) is 4.79 Å². The van der Waals surface area contributed by atoms with Crippen LogP contribution in [0.2, 0.25) is 0 Å². The molecule has 1 saturated carbocycles. The van der Waals surface area contributed by atoms with Crippen molar-refractivity contribution in [1.82, 2.24) is 5.32 Å². The summed E-state index contributed by atoms with van der Waals surface area (Å²) in [6, 6.07) is 6.52. The van der Waals surface area contributed by atoms with E-state index < -0.39 is 11.4 Å². The highest BCUT2D eigenvalue weighted by molar-refractivity contribution is 9.10. The van der Waals surface area contributed by atoms with E-state index in [4.69, 9.17) is 0 Å². The summed E-state index contributed by atoms with van der Waals surface area (Å²) < 4.78 is 0.867. The molecule has 0 heterocycles. The zero-order valence-electron chi connectivity index (χ0n) is 11.1. The van der Waals surface area contributed by atoms with E-state index in [1.807, 2.05) is 12.1 Å². The molecule has 0 spiro atoms. The molecule has 108 valence electrons. The van der Waals surface area contributed by atoms with Crippen LogP contribution in [0.1, 0.15) is 26.2 Å². The van der Waals surface area contributed by atoms with Crippen molar-refractivity contribution < 1.29 is 14.7 Å². The summed E-state index contributed by atoms with van der Waals surface area (Å²) in [5.41, 5.74) is -0.221. The number of hydrogen-bond acceptors (Lipinski definition) is 2. The Morgan fingerprint density at radius 3 is 2.85 bits per heavy atom. The minimum Gasteiger partial charge on any atom is -0.481 e. The van der Waals surface area contributed by atoms with E-state index in [1.54, 1.807) is 19.1 Å². The lowest BCUT2D eigenvalue weighted by Crippen LogP contribution is -2.48. The SMILES string of the molecule is CC1(C(=O)O)CCCC1NC(=O)Nc1cccc(Br)c1. The number of aliphatic carboxylic acids is 1. The maximum atomic E-state index is 12.0. The lowest BCUT2D eigenvalue weighted by Gasteiger charge is -2.27. The highest BCUT2D eigenvalue weighted by atomic mass is 79.9. The van der Waals surface area contributed by atoms with E-state index in [-0.39, 0.29) is 12.1 Å². The molecule has 2 atom stereocenters. The molecule has 0 aromatic heterocycles. The summed E-state index contributed by atoms with van der Waals surface area (Å²) in [6.07, 6.45) is 2.09. The van der Waals surface area contributed by atoms with Gasteiger partial charge in [-0.2, -0.15) is 0 Å². The molecule has 0 saturated heterocycles. The van der Waals surface area contributed by atoms with E-state index in [0.717, 1.165) is 10.9 Å². The Labute approximate surface area is 125 Å². The molecule has 1 fully saturated rings. The highest BCUT2D eigenvalue weighted by Crippen LogP contribution is 2.38. The summed E-state index contributed by atoms with van der Waals surface area (Å²) in [5.74, 6) is -0.859. The fourth-order valence-corrected chi connectivity index (χ4v) is 2.94. The summed E-state index contributed by atoms with van der Waals surface area (Å²) in [4.78, 5) is 23.3. The fourth-order valence-electron chi connectivity index (χ4n) is 2.55. The Hall–Kier alpha value is -1.56. The number of urea groups is 1. The highest BCUT2D eigenvalue weighted by Gasteiger charge is 2.45. The van der Waals surface area contributed by atoms with E-state index in [0.29, 0.717) is 18.5 Å². The summed E-state index contributed by atoms with van der Waals surface area (Å²) >= 11 is 3.33. The Morgan fingerprint density at radius 1 is 1.45 bits per heavy atom. The monoisotopic (exact) mass is 340 g/mol. The Balaban J connectivity index is 2.00. The molecule has 2 unspecified atom stereocenters. The van der Waals surface area contributed by atoms with Gasteiger partial charge in [0.2, 0.25) is 0 Å². The third kappa shape index (κ3) is 3.12. The summed E-state index contributed by atoms with van der Waals surface area (Å²) in [5, 5.41) is 14.8. The maximum Gasteiger partial charge on any atom is 0.319 e. The molecule has 20 heavy (non-hydrogen) atoms. The van der Waals surface area contributed by atoms with Gasteiger partial charge in [-0.15, -0.1) is 0 Å². The molecule has 1 aliphatic carbocycles. The van der Waals surface area contributed by atoms with Crippen LogP contribution in [0, 0.1) is 5.41 Å².